The van der Waals surface area contributed by atoms with Crippen molar-refractivity contribution in [2.45, 2.75) is 13.0 Å². The second kappa shape index (κ2) is 6.10. The predicted molar refractivity (Wildman–Crippen MR) is 94.0 cm³/mol. The van der Waals surface area contributed by atoms with E-state index in [0.717, 1.165) is 16.8 Å². The Bertz CT molecular complexity index is 893. The number of fused-ring (bicyclic) bond motifs is 1. The largest absolute Gasteiger partial charge is 0.493 e. The third kappa shape index (κ3) is 2.73. The van der Waals surface area contributed by atoms with Gasteiger partial charge in [0.15, 0.2) is 3.95 Å². The summed E-state index contributed by atoms with van der Waals surface area (Å²) in [5.74, 6) is -0.496. The number of benzene rings is 1. The lowest BCUT2D eigenvalue weighted by Gasteiger charge is -2.11. The van der Waals surface area contributed by atoms with E-state index in [1.54, 1.807) is 13.1 Å². The number of aliphatic imine (C=N–C) groups is 1. The van der Waals surface area contributed by atoms with Crippen LogP contribution in [0, 0.1) is 3.95 Å². The SMILES string of the molecule is COC(=O)[C@H](C)n1c(O)c(/C=C2\C=Nc3ccccc32)sc1=S. The third-order valence-corrected chi connectivity index (χ3v) is 4.95. The number of hydrogen-bond donors (Lipinski definition) is 1. The quantitative estimate of drug-likeness (QED) is 0.674. The van der Waals surface area contributed by atoms with Gasteiger partial charge in [-0.2, -0.15) is 0 Å². The molecule has 2 aromatic rings. The molecule has 1 atom stereocenters. The van der Waals surface area contributed by atoms with E-state index in [-0.39, 0.29) is 5.88 Å². The van der Waals surface area contributed by atoms with Crippen molar-refractivity contribution >= 4 is 53.1 Å². The maximum atomic E-state index is 11.7. The predicted octanol–water partition coefficient (Wildman–Crippen LogP) is 3.98. The molecule has 2 heterocycles. The van der Waals surface area contributed by atoms with Gasteiger partial charge in [0.05, 0.1) is 17.7 Å². The molecule has 0 unspecified atom stereocenters. The van der Waals surface area contributed by atoms with E-state index in [2.05, 4.69) is 4.99 Å². The van der Waals surface area contributed by atoms with Gasteiger partial charge in [-0.25, -0.2) is 4.79 Å². The smallest absolute Gasteiger partial charge is 0.328 e. The fourth-order valence-corrected chi connectivity index (χ4v) is 3.82. The molecule has 7 heteroatoms. The molecule has 23 heavy (non-hydrogen) atoms. The summed E-state index contributed by atoms with van der Waals surface area (Å²) in [6, 6.07) is 7.08. The highest BCUT2D eigenvalue weighted by molar-refractivity contribution is 7.73. The number of ether oxygens (including phenoxy) is 1. The average Bonchev–Trinajstić information content (AvgIpc) is 3.08. The Balaban J connectivity index is 2.04. The first-order chi connectivity index (χ1) is 11.0. The molecule has 1 aliphatic rings. The van der Waals surface area contributed by atoms with Gasteiger partial charge < -0.3 is 9.84 Å². The van der Waals surface area contributed by atoms with Crippen molar-refractivity contribution in [1.29, 1.82) is 0 Å². The van der Waals surface area contributed by atoms with Gasteiger partial charge in [-0.1, -0.05) is 18.2 Å². The van der Waals surface area contributed by atoms with Crippen LogP contribution < -0.4 is 0 Å². The fourth-order valence-electron chi connectivity index (χ4n) is 2.40. The summed E-state index contributed by atoms with van der Waals surface area (Å²) in [6.45, 7) is 1.64. The molecule has 0 radical (unpaired) electrons. The first kappa shape index (κ1) is 15.6. The van der Waals surface area contributed by atoms with Crippen LogP contribution in [0.4, 0.5) is 5.69 Å². The molecular formula is C16H14N2O3S2. The monoisotopic (exact) mass is 346 g/mol. The zero-order valence-corrected chi connectivity index (χ0v) is 14.1. The molecule has 0 saturated heterocycles. The van der Waals surface area contributed by atoms with Crippen molar-refractivity contribution in [3.63, 3.8) is 0 Å². The van der Waals surface area contributed by atoms with E-state index in [0.29, 0.717) is 8.83 Å². The van der Waals surface area contributed by atoms with Crippen LogP contribution in [0.2, 0.25) is 0 Å². The van der Waals surface area contributed by atoms with Crippen molar-refractivity contribution in [2.24, 2.45) is 4.99 Å². The highest BCUT2D eigenvalue weighted by Gasteiger charge is 2.22. The molecule has 0 bridgehead atoms. The molecule has 0 amide bonds. The topological polar surface area (TPSA) is 63.8 Å². The number of hydrogen-bond acceptors (Lipinski definition) is 6. The number of carbonyl (C=O) groups is 1. The van der Waals surface area contributed by atoms with Gasteiger partial charge in [0, 0.05) is 17.4 Å². The van der Waals surface area contributed by atoms with Crippen LogP contribution in [0.15, 0.2) is 29.3 Å². The van der Waals surface area contributed by atoms with Gasteiger partial charge >= 0.3 is 5.97 Å². The van der Waals surface area contributed by atoms with Gasteiger partial charge in [-0.3, -0.25) is 9.56 Å². The summed E-state index contributed by atoms with van der Waals surface area (Å²) >= 11 is 6.51. The molecule has 0 spiro atoms. The Morgan fingerprint density at radius 1 is 1.48 bits per heavy atom. The van der Waals surface area contributed by atoms with E-state index in [1.807, 2.05) is 30.3 Å². The summed E-state index contributed by atoms with van der Waals surface area (Å²) in [6.07, 6.45) is 3.58. The maximum absolute atomic E-state index is 11.7. The number of esters is 1. The Hall–Kier alpha value is -2.25. The van der Waals surface area contributed by atoms with E-state index in [1.165, 1.54) is 23.0 Å². The van der Waals surface area contributed by atoms with Crippen molar-refractivity contribution in [2.75, 3.05) is 7.11 Å². The molecule has 1 aliphatic heterocycles. The van der Waals surface area contributed by atoms with Crippen molar-refractivity contribution in [3.05, 3.63) is 38.7 Å². The molecule has 1 N–H and O–H groups in total. The highest BCUT2D eigenvalue weighted by Crippen LogP contribution is 2.36. The van der Waals surface area contributed by atoms with Crippen LogP contribution in [-0.2, 0) is 9.53 Å². The Morgan fingerprint density at radius 3 is 2.96 bits per heavy atom. The van der Waals surface area contributed by atoms with Crippen LogP contribution in [0.5, 0.6) is 5.88 Å². The molecule has 118 valence electrons. The fraction of sp³-hybridized carbons (Fsp3) is 0.188. The van der Waals surface area contributed by atoms with Gasteiger partial charge in [0.2, 0.25) is 5.88 Å². The van der Waals surface area contributed by atoms with Crippen LogP contribution in [-0.4, -0.2) is 29.0 Å². The highest BCUT2D eigenvalue weighted by atomic mass is 32.1. The number of methoxy groups -OCH3 is 1. The standard InChI is InChI=1S/C16H14N2O3S2/c1-9(15(20)21-2)18-14(19)13(23-16(18)22)7-10-8-17-12-6-4-3-5-11(10)12/h3-9,19H,1-2H3/b10-7+/t9-/m0/s1. The molecule has 1 aromatic carbocycles. The number of aromatic nitrogens is 1. The minimum atomic E-state index is -0.680. The van der Waals surface area contributed by atoms with E-state index < -0.39 is 12.0 Å². The lowest BCUT2D eigenvalue weighted by atomic mass is 10.1. The van der Waals surface area contributed by atoms with Crippen molar-refractivity contribution < 1.29 is 14.6 Å². The van der Waals surface area contributed by atoms with Gasteiger partial charge in [-0.05, 0) is 31.3 Å². The number of thiazole rings is 1. The van der Waals surface area contributed by atoms with Crippen molar-refractivity contribution in [1.82, 2.24) is 4.57 Å². The maximum Gasteiger partial charge on any atom is 0.328 e. The first-order valence-electron chi connectivity index (χ1n) is 6.90. The average molecular weight is 346 g/mol. The summed E-state index contributed by atoms with van der Waals surface area (Å²) in [7, 11) is 1.31. The second-order valence-corrected chi connectivity index (χ2v) is 6.68. The van der Waals surface area contributed by atoms with E-state index in [4.69, 9.17) is 17.0 Å². The lowest BCUT2D eigenvalue weighted by molar-refractivity contribution is -0.144. The summed E-state index contributed by atoms with van der Waals surface area (Å²) in [4.78, 5) is 16.6. The number of allylic oxidation sites excluding steroid dienone is 1. The number of carbonyl (C=O) groups excluding carboxylic acids is 1. The minimum absolute atomic E-state index is 0.0387. The molecule has 3 rings (SSSR count). The Kier molecular flexibility index (Phi) is 4.14. The number of aromatic hydroxyl groups is 1. The zero-order chi connectivity index (χ0) is 16.6. The minimum Gasteiger partial charge on any atom is -0.493 e. The van der Waals surface area contributed by atoms with E-state index >= 15 is 0 Å². The summed E-state index contributed by atoms with van der Waals surface area (Å²) in [5.41, 5.74) is 2.79. The second-order valence-electron chi connectivity index (χ2n) is 5.00. The van der Waals surface area contributed by atoms with Gasteiger partial charge in [0.1, 0.15) is 6.04 Å². The third-order valence-electron chi connectivity index (χ3n) is 3.62. The summed E-state index contributed by atoms with van der Waals surface area (Å²) < 4.78 is 6.53. The number of nitrogens with zero attached hydrogens (tertiary/aromatic N) is 2. The molecule has 0 saturated carbocycles. The Morgan fingerprint density at radius 2 is 2.22 bits per heavy atom. The summed E-state index contributed by atoms with van der Waals surface area (Å²) in [5, 5.41) is 10.4. The van der Waals surface area contributed by atoms with E-state index in [9.17, 15) is 9.90 Å². The molecule has 5 nitrogen and oxygen atoms in total. The van der Waals surface area contributed by atoms with Crippen LogP contribution in [0.3, 0.4) is 0 Å². The first-order valence-corrected chi connectivity index (χ1v) is 8.12. The number of para-hydroxylation sites is 1. The van der Waals surface area contributed by atoms with Crippen molar-refractivity contribution in [3.8, 4) is 5.88 Å². The van der Waals surface area contributed by atoms with Crippen LogP contribution in [0.1, 0.15) is 23.4 Å². The number of rotatable bonds is 3. The van der Waals surface area contributed by atoms with Crippen LogP contribution >= 0.6 is 23.6 Å². The molecule has 0 fully saturated rings. The lowest BCUT2D eigenvalue weighted by Crippen LogP contribution is -2.17. The van der Waals surface area contributed by atoms with Crippen LogP contribution in [0.25, 0.3) is 11.6 Å². The zero-order valence-electron chi connectivity index (χ0n) is 12.5. The molecule has 1 aromatic heterocycles. The molecular weight excluding hydrogens is 332 g/mol. The molecule has 0 aliphatic carbocycles. The normalized spacial score (nSPS) is 15.7. The van der Waals surface area contributed by atoms with Gasteiger partial charge in [0.25, 0.3) is 0 Å². The Labute approximate surface area is 142 Å². The van der Waals surface area contributed by atoms with Gasteiger partial charge in [-0.15, -0.1) is 11.3 Å².